The number of amides is 1. The van der Waals surface area contributed by atoms with E-state index < -0.39 is 30.4 Å². The van der Waals surface area contributed by atoms with Gasteiger partial charge in [0, 0.05) is 6.42 Å². The van der Waals surface area contributed by atoms with Gasteiger partial charge < -0.3 is 16.2 Å². The largest absolute Gasteiger partial charge is 0.481 e. The normalized spacial score (nSPS) is 29.9. The summed E-state index contributed by atoms with van der Waals surface area (Å²) in [5.74, 6) is 0.245. The molecule has 2 aliphatic carbocycles. The summed E-state index contributed by atoms with van der Waals surface area (Å²) < 4.78 is 0. The van der Waals surface area contributed by atoms with Crippen LogP contribution in [0, 0.1) is 17.8 Å². The highest BCUT2D eigenvalue weighted by Crippen LogP contribution is 2.49. The topological polar surface area (TPSA) is 109 Å². The number of aliphatic carboxylic acids is 1. The summed E-state index contributed by atoms with van der Waals surface area (Å²) >= 11 is 0. The summed E-state index contributed by atoms with van der Waals surface area (Å²) in [6.45, 7) is 1.64. The molecule has 1 amide bonds. The van der Waals surface area contributed by atoms with Crippen molar-refractivity contribution in [3.05, 3.63) is 0 Å². The van der Waals surface area contributed by atoms with Gasteiger partial charge in [-0.05, 0) is 43.9 Å². The van der Waals surface area contributed by atoms with E-state index in [4.69, 9.17) is 10.8 Å². The Labute approximate surface area is 124 Å². The third kappa shape index (κ3) is 4.03. The van der Waals surface area contributed by atoms with E-state index in [1.807, 2.05) is 0 Å². The summed E-state index contributed by atoms with van der Waals surface area (Å²) in [5.41, 5.74) is 5.48. The van der Waals surface area contributed by atoms with Crippen LogP contribution in [0.4, 0.5) is 0 Å². The molecule has 2 bridgehead atoms. The molecule has 2 saturated carbocycles. The molecule has 0 radical (unpaired) electrons. The number of Topliss-reactive ketones (excluding diaryl/α,β-unsaturated/α-hetero) is 1. The van der Waals surface area contributed by atoms with Crippen molar-refractivity contribution in [1.82, 2.24) is 5.32 Å². The fraction of sp³-hybridized carbons (Fsp3) is 0.800. The Morgan fingerprint density at radius 2 is 2.00 bits per heavy atom. The molecule has 0 saturated heterocycles. The van der Waals surface area contributed by atoms with E-state index in [1.165, 1.54) is 19.3 Å². The van der Waals surface area contributed by atoms with Crippen molar-refractivity contribution in [2.24, 2.45) is 23.5 Å². The standard InChI is InChI=1S/C15H24N2O4/c1-8(17-15(21)12(16)7-14(19)20)13(18)6-11-5-9-2-3-10(11)4-9/h8-12H,2-7,16H2,1H3,(H,17,21)(H,19,20)/t8?,9?,10?,11?,12-/m0/s1. The lowest BCUT2D eigenvalue weighted by molar-refractivity contribution is -0.139. The van der Waals surface area contributed by atoms with Crippen LogP contribution in [0.5, 0.6) is 0 Å². The molecule has 6 nitrogen and oxygen atoms in total. The zero-order valence-electron chi connectivity index (χ0n) is 12.4. The Hall–Kier alpha value is -1.43. The second-order valence-corrected chi connectivity index (χ2v) is 6.54. The minimum absolute atomic E-state index is 0.0171. The Kier molecular flexibility index (Phi) is 4.98. The smallest absolute Gasteiger partial charge is 0.305 e. The molecule has 4 unspecified atom stereocenters. The number of hydrogen-bond acceptors (Lipinski definition) is 4. The minimum Gasteiger partial charge on any atom is -0.481 e. The number of nitrogens with two attached hydrogens (primary N) is 1. The van der Waals surface area contributed by atoms with Crippen molar-refractivity contribution < 1.29 is 19.5 Å². The van der Waals surface area contributed by atoms with Gasteiger partial charge in [0.15, 0.2) is 5.78 Å². The van der Waals surface area contributed by atoms with Gasteiger partial charge in [0.2, 0.25) is 5.91 Å². The first-order chi connectivity index (χ1) is 9.86. The molecule has 21 heavy (non-hydrogen) atoms. The van der Waals surface area contributed by atoms with E-state index in [9.17, 15) is 14.4 Å². The Morgan fingerprint density at radius 3 is 2.52 bits per heavy atom. The van der Waals surface area contributed by atoms with Crippen LogP contribution in [-0.2, 0) is 14.4 Å². The van der Waals surface area contributed by atoms with Gasteiger partial charge in [0.1, 0.15) is 0 Å². The van der Waals surface area contributed by atoms with Crippen molar-refractivity contribution in [2.75, 3.05) is 0 Å². The van der Waals surface area contributed by atoms with Crippen LogP contribution in [-0.4, -0.2) is 34.8 Å². The molecule has 5 atom stereocenters. The van der Waals surface area contributed by atoms with E-state index in [0.29, 0.717) is 18.3 Å². The molecule has 2 aliphatic rings. The maximum absolute atomic E-state index is 12.2. The molecule has 2 fully saturated rings. The molecule has 0 heterocycles. The third-order valence-electron chi connectivity index (χ3n) is 4.92. The van der Waals surface area contributed by atoms with Crippen molar-refractivity contribution in [2.45, 2.75) is 57.5 Å². The molecule has 0 aromatic rings. The second-order valence-electron chi connectivity index (χ2n) is 6.54. The molecular weight excluding hydrogens is 272 g/mol. The van der Waals surface area contributed by atoms with Gasteiger partial charge in [-0.25, -0.2) is 0 Å². The maximum atomic E-state index is 12.2. The number of ketones is 1. The average molecular weight is 296 g/mol. The van der Waals surface area contributed by atoms with Crippen LogP contribution >= 0.6 is 0 Å². The van der Waals surface area contributed by atoms with E-state index in [2.05, 4.69) is 5.32 Å². The zero-order chi connectivity index (χ0) is 15.6. The molecule has 0 aliphatic heterocycles. The molecule has 118 valence electrons. The summed E-state index contributed by atoms with van der Waals surface area (Å²) in [6.07, 6.45) is 4.99. The Bertz CT molecular complexity index is 437. The van der Waals surface area contributed by atoms with Crippen molar-refractivity contribution >= 4 is 17.7 Å². The lowest BCUT2D eigenvalue weighted by atomic mass is 9.84. The Balaban J connectivity index is 1.77. The highest BCUT2D eigenvalue weighted by molar-refractivity contribution is 5.92. The molecule has 6 heteroatoms. The second kappa shape index (κ2) is 6.56. The summed E-state index contributed by atoms with van der Waals surface area (Å²) in [5, 5.41) is 11.1. The first-order valence-corrected chi connectivity index (χ1v) is 7.67. The molecular formula is C15H24N2O4. The van der Waals surface area contributed by atoms with Crippen LogP contribution in [0.15, 0.2) is 0 Å². The SMILES string of the molecule is CC(NC(=O)[C@@H](N)CC(=O)O)C(=O)CC1CC2CCC1C2. The highest BCUT2D eigenvalue weighted by atomic mass is 16.4. The van der Waals surface area contributed by atoms with E-state index in [-0.39, 0.29) is 5.78 Å². The average Bonchev–Trinajstić information content (AvgIpc) is 2.99. The third-order valence-corrected chi connectivity index (χ3v) is 4.92. The van der Waals surface area contributed by atoms with E-state index >= 15 is 0 Å². The van der Waals surface area contributed by atoms with E-state index in [1.54, 1.807) is 6.92 Å². The van der Waals surface area contributed by atoms with Gasteiger partial charge in [0.05, 0.1) is 18.5 Å². The lowest BCUT2D eigenvalue weighted by Crippen LogP contribution is -2.48. The van der Waals surface area contributed by atoms with Crippen LogP contribution in [0.25, 0.3) is 0 Å². The highest BCUT2D eigenvalue weighted by Gasteiger charge is 2.40. The quantitative estimate of drug-likeness (QED) is 0.640. The van der Waals surface area contributed by atoms with E-state index in [0.717, 1.165) is 12.3 Å². The minimum atomic E-state index is -1.13. The summed E-state index contributed by atoms with van der Waals surface area (Å²) in [6, 6.07) is -1.71. The van der Waals surface area contributed by atoms with Gasteiger partial charge >= 0.3 is 5.97 Å². The Morgan fingerprint density at radius 1 is 1.29 bits per heavy atom. The fourth-order valence-electron chi connectivity index (χ4n) is 3.74. The number of carboxylic acid groups (broad SMARTS) is 1. The van der Waals surface area contributed by atoms with Crippen molar-refractivity contribution in [1.29, 1.82) is 0 Å². The predicted molar refractivity (Wildman–Crippen MR) is 76.4 cm³/mol. The van der Waals surface area contributed by atoms with Crippen LogP contribution in [0.2, 0.25) is 0 Å². The molecule has 0 spiro atoms. The summed E-state index contributed by atoms with van der Waals surface area (Å²) in [7, 11) is 0. The van der Waals surface area contributed by atoms with Gasteiger partial charge in [-0.3, -0.25) is 14.4 Å². The number of carbonyl (C=O) groups excluding carboxylic acids is 2. The first-order valence-electron chi connectivity index (χ1n) is 7.67. The van der Waals surface area contributed by atoms with Crippen molar-refractivity contribution in [3.63, 3.8) is 0 Å². The number of carboxylic acids is 1. The fourth-order valence-corrected chi connectivity index (χ4v) is 3.74. The predicted octanol–water partition coefficient (Wildman–Crippen LogP) is 0.688. The zero-order valence-corrected chi connectivity index (χ0v) is 12.4. The lowest BCUT2D eigenvalue weighted by Gasteiger charge is -2.23. The number of carbonyl (C=O) groups is 3. The molecule has 0 aromatic carbocycles. The number of rotatable bonds is 7. The van der Waals surface area contributed by atoms with Gasteiger partial charge in [-0.1, -0.05) is 6.42 Å². The van der Waals surface area contributed by atoms with Crippen LogP contribution < -0.4 is 11.1 Å². The maximum Gasteiger partial charge on any atom is 0.305 e. The first kappa shape index (κ1) is 15.9. The molecule has 2 rings (SSSR count). The molecule has 4 N–H and O–H groups in total. The summed E-state index contributed by atoms with van der Waals surface area (Å²) in [4.78, 5) is 34.4. The number of nitrogens with one attached hydrogen (secondary N) is 1. The van der Waals surface area contributed by atoms with Gasteiger partial charge in [-0.15, -0.1) is 0 Å². The van der Waals surface area contributed by atoms with Crippen molar-refractivity contribution in [3.8, 4) is 0 Å². The number of hydrogen-bond donors (Lipinski definition) is 3. The molecule has 0 aromatic heterocycles. The van der Waals surface area contributed by atoms with Gasteiger partial charge in [-0.2, -0.15) is 0 Å². The monoisotopic (exact) mass is 296 g/mol. The number of fused-ring (bicyclic) bond motifs is 2. The van der Waals surface area contributed by atoms with Crippen LogP contribution in [0.3, 0.4) is 0 Å². The van der Waals surface area contributed by atoms with Gasteiger partial charge in [0.25, 0.3) is 0 Å². The van der Waals surface area contributed by atoms with Crippen LogP contribution in [0.1, 0.15) is 45.4 Å².